The molecule has 0 aliphatic carbocycles. The van der Waals surface area contributed by atoms with Crippen LogP contribution in [0, 0.1) is 0 Å². The lowest BCUT2D eigenvalue weighted by Gasteiger charge is -2.13. The fourth-order valence-electron chi connectivity index (χ4n) is 12.2. The average molecular weight is 1360 g/mol. The second kappa shape index (κ2) is 30.1. The van der Waals surface area contributed by atoms with Gasteiger partial charge in [0.05, 0.1) is 0 Å². The maximum absolute atomic E-state index is 6.50. The molecule has 3 heterocycles. The summed E-state index contributed by atoms with van der Waals surface area (Å²) >= 11 is 19.1. The third-order valence-electron chi connectivity index (χ3n) is 17.2. The van der Waals surface area contributed by atoms with Crippen LogP contribution < -0.4 is 0 Å². The van der Waals surface area contributed by atoms with Crippen LogP contribution in [0.3, 0.4) is 0 Å². The normalized spacial score (nSPS) is 10.9. The molecule has 0 amide bonds. The summed E-state index contributed by atoms with van der Waals surface area (Å²) in [6.45, 7) is 0. The summed E-state index contributed by atoms with van der Waals surface area (Å²) in [5.41, 5.74) is 18.8. The number of hydrogen-bond donors (Lipinski definition) is 0. The molecule has 480 valence electrons. The minimum atomic E-state index is 0.167. The molecule has 0 atom stereocenters. The number of aromatic nitrogens is 9. The van der Waals surface area contributed by atoms with E-state index in [1.165, 1.54) is 27.5 Å². The van der Waals surface area contributed by atoms with Crippen molar-refractivity contribution in [2.24, 2.45) is 0 Å². The highest BCUT2D eigenvalue weighted by Gasteiger charge is 2.19. The van der Waals surface area contributed by atoms with Crippen LogP contribution in [0.2, 0.25) is 15.9 Å². The third kappa shape index (κ3) is 15.1. The number of fused-ring (bicyclic) bond motifs is 2. The molecule has 0 bridgehead atoms. The molecule has 3 aromatic heterocycles. The monoisotopic (exact) mass is 1360 g/mol. The lowest BCUT2D eigenvalue weighted by molar-refractivity contribution is 1.07. The van der Waals surface area contributed by atoms with Crippen LogP contribution in [0.5, 0.6) is 0 Å². The van der Waals surface area contributed by atoms with Gasteiger partial charge in [0.25, 0.3) is 0 Å². The van der Waals surface area contributed by atoms with Crippen LogP contribution >= 0.6 is 34.8 Å². The van der Waals surface area contributed by atoms with Gasteiger partial charge in [-0.15, -0.1) is 0 Å². The lowest BCUT2D eigenvalue weighted by Crippen LogP contribution is -2.00. The van der Waals surface area contributed by atoms with Gasteiger partial charge in [0, 0.05) is 33.4 Å². The van der Waals surface area contributed by atoms with Crippen molar-refractivity contribution in [3.05, 3.63) is 368 Å². The molecular weight excluding hydrogens is 1300 g/mol. The highest BCUT2D eigenvalue weighted by Crippen LogP contribution is 2.38. The van der Waals surface area contributed by atoms with E-state index in [0.29, 0.717) is 34.9 Å². The number of hydrogen-bond acceptors (Lipinski definition) is 9. The van der Waals surface area contributed by atoms with E-state index in [2.05, 4.69) is 218 Å². The summed E-state index contributed by atoms with van der Waals surface area (Å²) in [4.78, 5) is 40.9. The Morgan fingerprint density at radius 1 is 0.139 bits per heavy atom. The van der Waals surface area contributed by atoms with Crippen LogP contribution in [0.1, 0.15) is 0 Å². The molecule has 14 aromatic carbocycles. The molecule has 101 heavy (non-hydrogen) atoms. The van der Waals surface area contributed by atoms with Crippen molar-refractivity contribution in [1.29, 1.82) is 0 Å². The van der Waals surface area contributed by atoms with Crippen LogP contribution in [0.25, 0.3) is 157 Å². The van der Waals surface area contributed by atoms with Crippen molar-refractivity contribution in [3.8, 4) is 135 Å². The van der Waals surface area contributed by atoms with Crippen LogP contribution in [-0.2, 0) is 0 Å². The van der Waals surface area contributed by atoms with E-state index in [1.807, 2.05) is 164 Å². The Bertz CT molecular complexity index is 5720. The lowest BCUT2D eigenvalue weighted by atomic mass is 9.95. The Hall–Kier alpha value is -12.5. The minimum absolute atomic E-state index is 0.167. The van der Waals surface area contributed by atoms with E-state index in [0.717, 1.165) is 94.2 Å². The van der Waals surface area contributed by atoms with Gasteiger partial charge in [0.2, 0.25) is 15.9 Å². The van der Waals surface area contributed by atoms with Gasteiger partial charge in [-0.2, -0.15) is 29.9 Å². The first-order valence-corrected chi connectivity index (χ1v) is 33.9. The van der Waals surface area contributed by atoms with Gasteiger partial charge in [-0.1, -0.05) is 328 Å². The molecule has 0 aliphatic rings. The zero-order valence-corrected chi connectivity index (χ0v) is 56.4. The van der Waals surface area contributed by atoms with Gasteiger partial charge in [-0.3, -0.25) is 0 Å². The molecule has 0 unspecified atom stereocenters. The maximum Gasteiger partial charge on any atom is 0.226 e. The molecule has 12 heteroatoms. The summed E-state index contributed by atoms with van der Waals surface area (Å²) in [7, 11) is 0. The van der Waals surface area contributed by atoms with Crippen molar-refractivity contribution in [2.75, 3.05) is 0 Å². The smallest absolute Gasteiger partial charge is 0.208 e. The van der Waals surface area contributed by atoms with E-state index in [1.54, 1.807) is 0 Å². The van der Waals surface area contributed by atoms with Crippen molar-refractivity contribution >= 4 is 56.3 Å². The van der Waals surface area contributed by atoms with Crippen molar-refractivity contribution in [1.82, 2.24) is 44.9 Å². The van der Waals surface area contributed by atoms with Crippen molar-refractivity contribution < 1.29 is 0 Å². The summed E-state index contributed by atoms with van der Waals surface area (Å²) < 4.78 is 0. The topological polar surface area (TPSA) is 116 Å². The zero-order valence-electron chi connectivity index (χ0n) is 54.1. The van der Waals surface area contributed by atoms with Gasteiger partial charge < -0.3 is 0 Å². The Balaban J connectivity index is 0.000000123. The fraction of sp³-hybridized carbons (Fsp3) is 0. The van der Waals surface area contributed by atoms with Crippen LogP contribution in [0.4, 0.5) is 0 Å². The molecule has 17 rings (SSSR count). The van der Waals surface area contributed by atoms with E-state index in [9.17, 15) is 0 Å². The summed E-state index contributed by atoms with van der Waals surface area (Å²) in [5, 5.41) is 5.25. The Kier molecular flexibility index (Phi) is 19.2. The minimum Gasteiger partial charge on any atom is -0.208 e. The molecule has 0 spiro atoms. The van der Waals surface area contributed by atoms with Crippen LogP contribution in [-0.4, -0.2) is 44.9 Å². The van der Waals surface area contributed by atoms with E-state index < -0.39 is 0 Å². The predicted molar refractivity (Wildman–Crippen MR) is 415 cm³/mol. The maximum atomic E-state index is 6.50. The average Bonchev–Trinajstić information content (AvgIpc) is 0.780. The summed E-state index contributed by atoms with van der Waals surface area (Å²) in [5.74, 6) is 3.31. The standard InChI is InChI=1S/2C31H20ClN3.C27H18ClN3/c32-31-34-29(26-18-10-9-17-25(26)21-11-3-1-4-12-21)33-30(35-31)28-20-24-16-8-7-15-23(24)19-27(28)22-13-5-2-6-14-22;32-31-34-29(25-15-10-23(11-16-25)21-6-2-1-3-7-21)33-30(35-31)26-17-12-24(13-18-26)28-19-14-22-8-4-5-9-27(22)20-28;28-27-30-25(22-16-14-21(15-17-22)19-8-3-1-4-9-19)29-26(31-27)24-13-7-12-23(18-24)20-10-5-2-6-11-20/h2*1-20H;1-18H. The summed E-state index contributed by atoms with van der Waals surface area (Å²) in [6, 6.07) is 120. The highest BCUT2D eigenvalue weighted by atomic mass is 35.5. The van der Waals surface area contributed by atoms with E-state index in [-0.39, 0.29) is 15.9 Å². The summed E-state index contributed by atoms with van der Waals surface area (Å²) in [6.07, 6.45) is 0. The van der Waals surface area contributed by atoms with Crippen molar-refractivity contribution in [3.63, 3.8) is 0 Å². The Morgan fingerprint density at radius 3 is 0.871 bits per heavy atom. The first-order valence-electron chi connectivity index (χ1n) is 32.8. The molecule has 0 saturated carbocycles. The van der Waals surface area contributed by atoms with E-state index in [4.69, 9.17) is 49.8 Å². The largest absolute Gasteiger partial charge is 0.226 e. The van der Waals surface area contributed by atoms with Gasteiger partial charge in [0.1, 0.15) is 0 Å². The van der Waals surface area contributed by atoms with Gasteiger partial charge in [0.15, 0.2) is 34.9 Å². The van der Waals surface area contributed by atoms with Gasteiger partial charge >= 0.3 is 0 Å². The third-order valence-corrected chi connectivity index (χ3v) is 17.8. The molecule has 0 radical (unpaired) electrons. The molecule has 0 saturated heterocycles. The van der Waals surface area contributed by atoms with Crippen molar-refractivity contribution in [2.45, 2.75) is 0 Å². The SMILES string of the molecule is Clc1nc(-c2ccc(-c3ccccc3)cc2)nc(-c2ccc(-c3ccc4ccccc4c3)cc2)n1.Clc1nc(-c2ccc(-c3ccccc3)cc2)nc(-c2cccc(-c3ccccc3)c2)n1.Clc1nc(-c2ccccc2-c2ccccc2)nc(-c2cc3ccccc3cc2-c2ccccc2)n1. The molecule has 17 aromatic rings. The highest BCUT2D eigenvalue weighted by molar-refractivity contribution is 6.29. The quantitative estimate of drug-likeness (QED) is 0.118. The number of rotatable bonds is 12. The van der Waals surface area contributed by atoms with Crippen LogP contribution in [0.15, 0.2) is 352 Å². The van der Waals surface area contributed by atoms with E-state index >= 15 is 0 Å². The Morgan fingerprint density at radius 2 is 0.406 bits per heavy atom. The molecule has 0 aliphatic heterocycles. The number of nitrogens with zero attached hydrogens (tertiary/aromatic N) is 9. The zero-order chi connectivity index (χ0) is 68.3. The molecule has 9 nitrogen and oxygen atoms in total. The number of halogens is 3. The van der Waals surface area contributed by atoms with Gasteiger partial charge in [-0.05, 0) is 147 Å². The molecular formula is C89H58Cl3N9. The molecule has 0 N–H and O–H groups in total. The molecule has 0 fully saturated rings. The Labute approximate surface area is 599 Å². The van der Waals surface area contributed by atoms with Gasteiger partial charge in [-0.25, -0.2) is 15.0 Å². The second-order valence-electron chi connectivity index (χ2n) is 23.8. The fourth-order valence-corrected chi connectivity index (χ4v) is 12.7. The second-order valence-corrected chi connectivity index (χ2v) is 24.8. The number of benzene rings is 14. The first-order chi connectivity index (χ1) is 49.7. The first kappa shape index (κ1) is 64.5. The predicted octanol–water partition coefficient (Wildman–Crippen LogP) is 23.9.